The lowest BCUT2D eigenvalue weighted by atomic mass is 9.67. The van der Waals surface area contributed by atoms with E-state index in [1.165, 1.54) is 0 Å². The van der Waals surface area contributed by atoms with Gasteiger partial charge in [0.2, 0.25) is 0 Å². The van der Waals surface area contributed by atoms with Gasteiger partial charge in [0.1, 0.15) is 19.5 Å². The van der Waals surface area contributed by atoms with Crippen molar-refractivity contribution in [3.63, 3.8) is 0 Å². The summed E-state index contributed by atoms with van der Waals surface area (Å²) in [5.74, 6) is -0.976. The van der Waals surface area contributed by atoms with Crippen molar-refractivity contribution in [2.75, 3.05) is 0 Å². The van der Waals surface area contributed by atoms with Crippen molar-refractivity contribution < 1.29 is 0 Å². The summed E-state index contributed by atoms with van der Waals surface area (Å²) in [6.45, 7) is 0. The highest BCUT2D eigenvalue weighted by molar-refractivity contribution is 6.66. The Hall–Kier alpha value is 2.96. The van der Waals surface area contributed by atoms with Crippen LogP contribution in [-0.2, 0) is 0 Å². The zero-order valence-electron chi connectivity index (χ0n) is 14.7. The summed E-state index contributed by atoms with van der Waals surface area (Å²) < 4.78 is -3.17. The Morgan fingerprint density at radius 2 is 0.567 bits per heavy atom. The number of alkyl halides is 8. The van der Waals surface area contributed by atoms with Crippen molar-refractivity contribution in [1.82, 2.24) is 0 Å². The van der Waals surface area contributed by atoms with E-state index in [2.05, 4.69) is 0 Å². The van der Waals surface area contributed by atoms with E-state index >= 15 is 0 Å². The van der Waals surface area contributed by atoms with E-state index in [1.54, 1.807) is 0 Å². The third-order valence-corrected chi connectivity index (χ3v) is 16.8. The maximum atomic E-state index is 7.02. The zero-order valence-corrected chi connectivity index (χ0v) is 23.7. The van der Waals surface area contributed by atoms with Crippen LogP contribution in [0.3, 0.4) is 0 Å². The quantitative estimate of drug-likeness (QED) is 0.229. The Morgan fingerprint density at radius 1 is 0.400 bits per heavy atom. The minimum Gasteiger partial charge on any atom is -0.109 e. The normalized spacial score (nSPS) is 55.6. The van der Waals surface area contributed by atoms with Gasteiger partial charge in [-0.05, 0) is 49.4 Å². The molecule has 5 aliphatic carbocycles. The highest BCUT2D eigenvalue weighted by Gasteiger charge is 2.85. The maximum Gasteiger partial charge on any atom is 0.166 e. The molecule has 168 valence electrons. The van der Waals surface area contributed by atoms with Crippen molar-refractivity contribution in [1.29, 1.82) is 0 Å². The van der Waals surface area contributed by atoms with Crippen LogP contribution >= 0.6 is 139 Å². The van der Waals surface area contributed by atoms with Crippen LogP contribution in [0.5, 0.6) is 0 Å². The third-order valence-electron chi connectivity index (χ3n) is 8.08. The van der Waals surface area contributed by atoms with E-state index in [0.717, 1.165) is 0 Å². The summed E-state index contributed by atoms with van der Waals surface area (Å²) in [6.07, 6.45) is 2.22. The molecule has 0 aromatic carbocycles. The standard InChI is InChI=1S/C18H12Cl12/c19-9-10(20)15(25)7-3-4-8-6(2-1-5(7)13(9,23)17(15,27)28)14(24)11(21)12(22)16(8,26)18(14,29)30/h5-8H,1-4H2/t5-,6-,7+,8+,13?,14?,15?,16?. The molecule has 8 atom stereocenters. The van der Waals surface area contributed by atoms with Crippen LogP contribution in [0.2, 0.25) is 0 Å². The summed E-state index contributed by atoms with van der Waals surface area (Å²) in [4.78, 5) is -5.28. The van der Waals surface area contributed by atoms with E-state index in [0.29, 0.717) is 25.7 Å². The minimum absolute atomic E-state index is 0.191. The fourth-order valence-electron chi connectivity index (χ4n) is 6.73. The molecule has 30 heavy (non-hydrogen) atoms. The van der Waals surface area contributed by atoms with Gasteiger partial charge in [0, 0.05) is 0 Å². The van der Waals surface area contributed by atoms with Gasteiger partial charge in [-0.25, -0.2) is 0 Å². The first-order valence-electron chi connectivity index (χ1n) is 9.22. The number of fused-ring (bicyclic) bond motifs is 10. The Kier molecular flexibility index (Phi) is 5.61. The second-order valence-electron chi connectivity index (χ2n) is 8.83. The molecule has 3 fully saturated rings. The molecule has 3 saturated carbocycles. The van der Waals surface area contributed by atoms with Gasteiger partial charge in [0.15, 0.2) is 8.67 Å². The molecule has 0 spiro atoms. The zero-order chi connectivity index (χ0) is 22.4. The van der Waals surface area contributed by atoms with Gasteiger partial charge < -0.3 is 0 Å². The molecule has 0 aliphatic heterocycles. The highest BCUT2D eigenvalue weighted by atomic mass is 35.5. The molecular formula is C18H12Cl12. The number of allylic oxidation sites excluding steroid dienone is 4. The lowest BCUT2D eigenvalue weighted by molar-refractivity contribution is 0.175. The van der Waals surface area contributed by atoms with Gasteiger partial charge in [0.05, 0.1) is 20.1 Å². The van der Waals surface area contributed by atoms with Gasteiger partial charge in [0.25, 0.3) is 0 Å². The lowest BCUT2D eigenvalue weighted by Gasteiger charge is -2.44. The summed E-state index contributed by atoms with van der Waals surface area (Å²) in [5.41, 5.74) is 0. The van der Waals surface area contributed by atoms with Gasteiger partial charge in [-0.2, -0.15) is 0 Å². The average Bonchev–Trinajstić information content (AvgIpc) is 2.96. The van der Waals surface area contributed by atoms with Gasteiger partial charge >= 0.3 is 0 Å². The summed E-state index contributed by atoms with van der Waals surface area (Å²) >= 11 is 81.3. The van der Waals surface area contributed by atoms with Crippen molar-refractivity contribution in [2.45, 2.75) is 53.8 Å². The molecule has 5 aliphatic rings. The molecule has 0 aromatic rings. The Labute approximate surface area is 234 Å². The largest absolute Gasteiger partial charge is 0.166 e. The van der Waals surface area contributed by atoms with Gasteiger partial charge in [-0.1, -0.05) is 92.8 Å². The van der Waals surface area contributed by atoms with Crippen LogP contribution in [0.1, 0.15) is 25.7 Å². The first kappa shape index (κ1) is 24.6. The maximum absolute atomic E-state index is 7.02. The number of halogens is 12. The smallest absolute Gasteiger partial charge is 0.109 e. The van der Waals surface area contributed by atoms with Crippen molar-refractivity contribution in [2.24, 2.45) is 23.7 Å². The summed E-state index contributed by atoms with van der Waals surface area (Å²) in [5, 5.41) is 0.765. The van der Waals surface area contributed by atoms with Crippen molar-refractivity contribution in [3.05, 3.63) is 20.1 Å². The molecular weight excluding hydrogens is 642 g/mol. The number of hydrogen-bond donors (Lipinski definition) is 0. The van der Waals surface area contributed by atoms with Crippen molar-refractivity contribution >= 4 is 139 Å². The predicted octanol–water partition coefficient (Wildman–Crippen LogP) is 9.72. The molecule has 0 radical (unpaired) electrons. The van der Waals surface area contributed by atoms with Gasteiger partial charge in [-0.3, -0.25) is 0 Å². The molecule has 0 saturated heterocycles. The van der Waals surface area contributed by atoms with Crippen LogP contribution in [0.4, 0.5) is 0 Å². The predicted molar refractivity (Wildman–Crippen MR) is 133 cm³/mol. The Bertz CT molecular complexity index is 782. The van der Waals surface area contributed by atoms with E-state index in [4.69, 9.17) is 139 Å². The van der Waals surface area contributed by atoms with E-state index in [-0.39, 0.29) is 43.8 Å². The van der Waals surface area contributed by atoms with Crippen LogP contribution < -0.4 is 0 Å². The molecule has 0 N–H and O–H groups in total. The SMILES string of the molecule is ClC1=C(Cl)C2(Cl)[C@H]3CC[C@H]4[C@@H](CC[C@H]3C1(Cl)C2(Cl)Cl)C1(Cl)C(Cl)=C(Cl)C4(Cl)C1(Cl)Cl. The van der Waals surface area contributed by atoms with Crippen molar-refractivity contribution in [3.8, 4) is 0 Å². The number of rotatable bonds is 0. The minimum atomic E-state index is -1.58. The molecule has 12 heteroatoms. The molecule has 0 nitrogen and oxygen atoms in total. The fourth-order valence-corrected chi connectivity index (χ4v) is 13.0. The number of hydrogen-bond acceptors (Lipinski definition) is 0. The second-order valence-corrected chi connectivity index (χ2v) is 15.4. The van der Waals surface area contributed by atoms with Crippen LogP contribution in [0.15, 0.2) is 20.1 Å². The first-order valence-corrected chi connectivity index (χ1v) is 13.8. The van der Waals surface area contributed by atoms with Crippen LogP contribution in [-0.4, -0.2) is 28.2 Å². The fraction of sp³-hybridized carbons (Fsp3) is 0.778. The second kappa shape index (κ2) is 6.83. The monoisotopic (exact) mass is 648 g/mol. The van der Waals surface area contributed by atoms with E-state index in [1.807, 2.05) is 0 Å². The molecule has 4 bridgehead atoms. The van der Waals surface area contributed by atoms with E-state index < -0.39 is 28.2 Å². The molecule has 0 aromatic heterocycles. The van der Waals surface area contributed by atoms with Crippen LogP contribution in [0.25, 0.3) is 0 Å². The van der Waals surface area contributed by atoms with E-state index in [9.17, 15) is 0 Å². The first-order chi connectivity index (χ1) is 13.6. The molecule has 5 rings (SSSR count). The molecule has 0 heterocycles. The third kappa shape index (κ3) is 2.18. The lowest BCUT2D eigenvalue weighted by Crippen LogP contribution is -2.45. The average molecular weight is 654 g/mol. The molecule has 4 unspecified atom stereocenters. The van der Waals surface area contributed by atoms with Crippen LogP contribution in [0, 0.1) is 23.7 Å². The Balaban J connectivity index is 1.62. The highest BCUT2D eigenvalue weighted by Crippen LogP contribution is 2.81. The van der Waals surface area contributed by atoms with Gasteiger partial charge in [-0.15, -0.1) is 46.4 Å². The summed E-state index contributed by atoms with van der Waals surface area (Å²) in [6, 6.07) is 0. The topological polar surface area (TPSA) is 0 Å². The molecule has 0 amide bonds. The Morgan fingerprint density at radius 3 is 0.733 bits per heavy atom. The summed E-state index contributed by atoms with van der Waals surface area (Å²) in [7, 11) is 0.